The summed E-state index contributed by atoms with van der Waals surface area (Å²) in [7, 11) is 1.24. The molecule has 2 atom stereocenters. The van der Waals surface area contributed by atoms with Gasteiger partial charge < -0.3 is 4.74 Å². The van der Waals surface area contributed by atoms with Gasteiger partial charge in [0.25, 0.3) is 11.8 Å². The summed E-state index contributed by atoms with van der Waals surface area (Å²) < 4.78 is 6.70. The minimum absolute atomic E-state index is 0.000772. The van der Waals surface area contributed by atoms with E-state index in [0.29, 0.717) is 17.5 Å². The number of halogens is 1. The molecule has 0 bridgehead atoms. The van der Waals surface area contributed by atoms with E-state index in [-0.39, 0.29) is 24.1 Å². The molecule has 1 aromatic rings. The number of ether oxygens (including phenoxy) is 1. The van der Waals surface area contributed by atoms with Crippen molar-refractivity contribution >= 4 is 48.9 Å². The van der Waals surface area contributed by atoms with Crippen LogP contribution < -0.4 is 0 Å². The highest BCUT2D eigenvalue weighted by Crippen LogP contribution is 2.28. The van der Waals surface area contributed by atoms with Crippen LogP contribution in [0.25, 0.3) is 0 Å². The molecule has 1 aliphatic heterocycles. The molecule has 0 unspecified atom stereocenters. The molecule has 0 N–H and O–H groups in total. The number of carbonyl (C=O) groups is 3. The van der Waals surface area contributed by atoms with Crippen LogP contribution >= 0.6 is 12.9 Å². The van der Waals surface area contributed by atoms with Gasteiger partial charge in [0, 0.05) is 0 Å². The fraction of sp³-hybridized carbons (Fsp3) is 0.278. The number of carbonyl (C=O) groups excluding carboxylic acids is 3. The first-order chi connectivity index (χ1) is 11.9. The van der Waals surface area contributed by atoms with Crippen LogP contribution in [0.2, 0.25) is 0 Å². The molecule has 1 aliphatic rings. The molecule has 25 heavy (non-hydrogen) atoms. The van der Waals surface area contributed by atoms with Gasteiger partial charge in [-0.2, -0.15) is 4.21 Å². The van der Waals surface area contributed by atoms with Crippen molar-refractivity contribution in [2.45, 2.75) is 19.4 Å². The third-order valence-corrected chi connectivity index (χ3v) is 5.32. The molecular formula is C18H20BrMgNO4. The second kappa shape index (κ2) is 10.5. The minimum atomic E-state index is -0.944. The third kappa shape index (κ3) is 5.02. The second-order valence-electron chi connectivity index (χ2n) is 5.44. The van der Waals surface area contributed by atoms with Gasteiger partial charge in [-0.15, -0.1) is 13.2 Å². The zero-order chi connectivity index (χ0) is 19.0. The van der Waals surface area contributed by atoms with Crippen molar-refractivity contribution < 1.29 is 19.1 Å². The molecule has 0 radical (unpaired) electrons. The minimum Gasteiger partial charge on any atom is -0.467 e. The average molecular weight is 419 g/mol. The highest BCUT2D eigenvalue weighted by atomic mass is 79.9. The SMILES string of the molecule is C=CC[C@H](C)[C@@H](C(=O)OC)N1C(=O)c2ccccc2C1=O.C=[CH][Mg][Br]. The van der Waals surface area contributed by atoms with E-state index in [1.807, 2.05) is 4.21 Å². The summed E-state index contributed by atoms with van der Waals surface area (Å²) in [5.41, 5.74) is 0.643. The Labute approximate surface area is 163 Å². The molecular weight excluding hydrogens is 398 g/mol. The summed E-state index contributed by atoms with van der Waals surface area (Å²) in [4.78, 5) is 38.0. The molecule has 130 valence electrons. The monoisotopic (exact) mass is 417 g/mol. The van der Waals surface area contributed by atoms with Gasteiger partial charge in [0.15, 0.2) is 0 Å². The molecule has 1 heterocycles. The van der Waals surface area contributed by atoms with Crippen molar-refractivity contribution in [3.05, 3.63) is 58.8 Å². The van der Waals surface area contributed by atoms with E-state index in [1.165, 1.54) is 7.11 Å². The zero-order valence-corrected chi connectivity index (χ0v) is 17.4. The predicted octanol–water partition coefficient (Wildman–Crippen LogP) is 3.18. The van der Waals surface area contributed by atoms with Crippen LogP contribution in [0.4, 0.5) is 0 Å². The van der Waals surface area contributed by atoms with E-state index in [2.05, 4.69) is 26.0 Å². The number of rotatable bonds is 6. The standard InChI is InChI=1S/C16H17NO4.C2H3.BrH.Mg/c1-4-7-10(2)13(16(20)21-3)17-14(18)11-8-5-6-9-12(11)15(17)19;1-2;;/h4-6,8-10,13H,1,7H2,2-3H3;1H,2H2;1H;/q;;;+1/p-1/t10-,13-;;;/m0.../s1. The van der Waals surface area contributed by atoms with E-state index in [0.717, 1.165) is 4.90 Å². The van der Waals surface area contributed by atoms with Crippen LogP contribution in [0.15, 0.2) is 47.7 Å². The van der Waals surface area contributed by atoms with Crippen molar-refractivity contribution in [2.75, 3.05) is 7.11 Å². The lowest BCUT2D eigenvalue weighted by Gasteiger charge is -2.28. The molecule has 0 saturated carbocycles. The number of hydrogen-bond acceptors (Lipinski definition) is 4. The second-order valence-corrected chi connectivity index (χ2v) is 8.27. The Hall–Kier alpha value is -1.44. The first-order valence-electron chi connectivity index (χ1n) is 7.77. The van der Waals surface area contributed by atoms with Gasteiger partial charge in [-0.05, 0) is 24.5 Å². The number of esters is 1. The van der Waals surface area contributed by atoms with Crippen molar-refractivity contribution in [3.8, 4) is 0 Å². The van der Waals surface area contributed by atoms with Gasteiger partial charge in [0.2, 0.25) is 0 Å². The average Bonchev–Trinajstić information content (AvgIpc) is 2.88. The lowest BCUT2D eigenvalue weighted by Crippen LogP contribution is -2.49. The van der Waals surface area contributed by atoms with E-state index < -0.39 is 23.8 Å². The summed E-state index contributed by atoms with van der Waals surface area (Å²) >= 11 is 3.27. The molecule has 0 spiro atoms. The predicted molar refractivity (Wildman–Crippen MR) is 102 cm³/mol. The highest BCUT2D eigenvalue weighted by molar-refractivity contribution is 9.23. The largest absolute Gasteiger partial charge is 0.497 e. The number of imide groups is 1. The molecule has 0 fully saturated rings. The Morgan fingerprint density at radius 2 is 1.76 bits per heavy atom. The van der Waals surface area contributed by atoms with Gasteiger partial charge >= 0.3 is 24.2 Å². The summed E-state index contributed by atoms with van der Waals surface area (Å²) in [5, 5.41) is 0. The van der Waals surface area contributed by atoms with Crippen molar-refractivity contribution in [1.29, 1.82) is 0 Å². The van der Waals surface area contributed by atoms with Gasteiger partial charge in [0.1, 0.15) is 6.04 Å². The van der Waals surface area contributed by atoms with Crippen LogP contribution in [0, 0.1) is 5.92 Å². The van der Waals surface area contributed by atoms with Crippen LogP contribution in [0.3, 0.4) is 0 Å². The van der Waals surface area contributed by atoms with Crippen molar-refractivity contribution in [3.63, 3.8) is 0 Å². The quantitative estimate of drug-likeness (QED) is 0.308. The van der Waals surface area contributed by atoms with E-state index in [4.69, 9.17) is 4.74 Å². The number of allylic oxidation sites excluding steroid dienone is 1. The fourth-order valence-electron chi connectivity index (χ4n) is 2.57. The molecule has 0 saturated heterocycles. The van der Waals surface area contributed by atoms with Crippen molar-refractivity contribution in [2.24, 2.45) is 5.92 Å². The molecule has 7 heteroatoms. The molecule has 2 rings (SSSR count). The topological polar surface area (TPSA) is 63.7 Å². The van der Waals surface area contributed by atoms with Gasteiger partial charge in [0.05, 0.1) is 18.2 Å². The van der Waals surface area contributed by atoms with Crippen LogP contribution in [0.5, 0.6) is 0 Å². The molecule has 0 aliphatic carbocycles. The maximum Gasteiger partial charge on any atom is 0.497 e. The van der Waals surface area contributed by atoms with Crippen LogP contribution in [-0.4, -0.2) is 54.0 Å². The maximum atomic E-state index is 12.4. The van der Waals surface area contributed by atoms with Gasteiger partial charge in [-0.3, -0.25) is 27.4 Å². The Balaban J connectivity index is 0.000000705. The first kappa shape index (κ1) is 21.6. The van der Waals surface area contributed by atoms with E-state index >= 15 is 0 Å². The highest BCUT2D eigenvalue weighted by Gasteiger charge is 2.45. The molecule has 2 amide bonds. The van der Waals surface area contributed by atoms with Crippen LogP contribution in [-0.2, 0) is 9.53 Å². The lowest BCUT2D eigenvalue weighted by molar-refractivity contribution is -0.146. The maximum absolute atomic E-state index is 12.4. The zero-order valence-electron chi connectivity index (χ0n) is 14.4. The van der Waals surface area contributed by atoms with E-state index in [1.54, 1.807) is 37.3 Å². The van der Waals surface area contributed by atoms with E-state index in [9.17, 15) is 14.4 Å². The van der Waals surface area contributed by atoms with Crippen LogP contribution in [0.1, 0.15) is 34.1 Å². The third-order valence-electron chi connectivity index (χ3n) is 3.73. The Morgan fingerprint density at radius 1 is 1.28 bits per heavy atom. The Morgan fingerprint density at radius 3 is 2.12 bits per heavy atom. The molecule has 1 aromatic carbocycles. The summed E-state index contributed by atoms with van der Waals surface area (Å²) in [5.74, 6) is -1.78. The number of fused-ring (bicyclic) bond motifs is 1. The van der Waals surface area contributed by atoms with Crippen molar-refractivity contribution in [1.82, 2.24) is 4.90 Å². The van der Waals surface area contributed by atoms with Gasteiger partial charge in [-0.1, -0.05) is 25.1 Å². The molecule has 5 nitrogen and oxygen atoms in total. The number of benzene rings is 1. The molecule has 0 aromatic heterocycles. The summed E-state index contributed by atoms with van der Waals surface area (Å²) in [6.07, 6.45) is 2.14. The van der Waals surface area contributed by atoms with Gasteiger partial charge in [-0.25, -0.2) is 4.79 Å². The fourth-order valence-corrected chi connectivity index (χ4v) is 2.57. The number of hydrogen-bond donors (Lipinski definition) is 0. The lowest BCUT2D eigenvalue weighted by atomic mass is 9.96. The summed E-state index contributed by atoms with van der Waals surface area (Å²) in [6.45, 7) is 8.91. The normalized spacial score (nSPS) is 14.4. The Bertz CT molecular complexity index is 642. The number of amides is 2. The smallest absolute Gasteiger partial charge is 0.467 e. The number of methoxy groups -OCH3 is 1. The summed E-state index contributed by atoms with van der Waals surface area (Å²) in [6, 6.07) is 5.60. The Kier molecular flexibility index (Phi) is 9.09. The number of nitrogens with zero attached hydrogens (tertiary/aromatic N) is 1. The first-order valence-corrected chi connectivity index (χ1v) is 12.5.